The summed E-state index contributed by atoms with van der Waals surface area (Å²) in [7, 11) is 0. The topological polar surface area (TPSA) is 62.7 Å². The number of hydrazone groups is 1. The van der Waals surface area contributed by atoms with Gasteiger partial charge in [-0.05, 0) is 60.5 Å². The molecule has 27 heavy (non-hydrogen) atoms. The van der Waals surface area contributed by atoms with E-state index in [4.69, 9.17) is 4.74 Å². The average Bonchev–Trinajstić information content (AvgIpc) is 2.71. The van der Waals surface area contributed by atoms with Gasteiger partial charge in [0, 0.05) is 5.69 Å². The second-order valence-corrected chi connectivity index (χ2v) is 6.11. The molecule has 138 valence electrons. The van der Waals surface area contributed by atoms with Gasteiger partial charge in [0.2, 0.25) is 0 Å². The van der Waals surface area contributed by atoms with Gasteiger partial charge in [0.1, 0.15) is 5.75 Å². The fourth-order valence-corrected chi connectivity index (χ4v) is 2.68. The van der Waals surface area contributed by atoms with Crippen LogP contribution in [0.4, 0.5) is 5.69 Å². The Morgan fingerprint density at radius 1 is 1.00 bits per heavy atom. The van der Waals surface area contributed by atoms with E-state index in [2.05, 4.69) is 40.1 Å². The van der Waals surface area contributed by atoms with Crippen LogP contribution in [0.5, 0.6) is 5.75 Å². The highest BCUT2D eigenvalue weighted by molar-refractivity contribution is 6.02. The van der Waals surface area contributed by atoms with Crippen LogP contribution in [0, 0.1) is 0 Å². The lowest BCUT2D eigenvalue weighted by Gasteiger charge is -2.08. The Morgan fingerprint density at radius 2 is 1.74 bits per heavy atom. The van der Waals surface area contributed by atoms with E-state index in [1.165, 1.54) is 5.39 Å². The lowest BCUT2D eigenvalue weighted by molar-refractivity contribution is -0.119. The van der Waals surface area contributed by atoms with Crippen molar-refractivity contribution in [3.05, 3.63) is 72.3 Å². The Labute approximate surface area is 159 Å². The summed E-state index contributed by atoms with van der Waals surface area (Å²) >= 11 is 0. The van der Waals surface area contributed by atoms with Crippen molar-refractivity contribution in [2.45, 2.75) is 13.8 Å². The number of benzene rings is 3. The van der Waals surface area contributed by atoms with Crippen molar-refractivity contribution >= 4 is 28.1 Å². The third-order valence-corrected chi connectivity index (χ3v) is 4.13. The van der Waals surface area contributed by atoms with E-state index in [0.717, 1.165) is 28.1 Å². The first kappa shape index (κ1) is 18.5. The number of anilines is 1. The Balaban J connectivity index is 1.55. The van der Waals surface area contributed by atoms with Gasteiger partial charge in [-0.3, -0.25) is 4.79 Å². The van der Waals surface area contributed by atoms with E-state index in [9.17, 15) is 4.79 Å². The molecular formula is C22H23N3O2. The summed E-state index contributed by atoms with van der Waals surface area (Å²) < 4.78 is 5.40. The van der Waals surface area contributed by atoms with E-state index in [1.54, 1.807) is 0 Å². The Hall–Kier alpha value is -3.34. The maximum atomic E-state index is 12.0. The Bertz CT molecular complexity index is 949. The minimum absolute atomic E-state index is 0.141. The number of ether oxygens (including phenoxy) is 1. The molecule has 0 aliphatic carbocycles. The van der Waals surface area contributed by atoms with E-state index >= 15 is 0 Å². The van der Waals surface area contributed by atoms with Crippen LogP contribution in [-0.2, 0) is 4.79 Å². The Morgan fingerprint density at radius 3 is 2.48 bits per heavy atom. The fraction of sp³-hybridized carbons (Fsp3) is 0.182. The summed E-state index contributed by atoms with van der Waals surface area (Å²) in [5, 5.41) is 9.60. The number of hydrogen-bond acceptors (Lipinski definition) is 4. The highest BCUT2D eigenvalue weighted by Crippen LogP contribution is 2.16. The van der Waals surface area contributed by atoms with E-state index in [0.29, 0.717) is 6.61 Å². The van der Waals surface area contributed by atoms with Crippen molar-refractivity contribution in [3.63, 3.8) is 0 Å². The molecule has 0 aliphatic heterocycles. The predicted molar refractivity (Wildman–Crippen MR) is 110 cm³/mol. The molecule has 0 heterocycles. The average molecular weight is 361 g/mol. The highest BCUT2D eigenvalue weighted by atomic mass is 16.5. The summed E-state index contributed by atoms with van der Waals surface area (Å²) in [6.45, 7) is 4.59. The number of hydrogen-bond donors (Lipinski definition) is 2. The maximum absolute atomic E-state index is 12.0. The number of rotatable bonds is 7. The fourth-order valence-electron chi connectivity index (χ4n) is 2.68. The molecule has 0 saturated heterocycles. The molecule has 0 bridgehead atoms. The second-order valence-electron chi connectivity index (χ2n) is 6.11. The lowest BCUT2D eigenvalue weighted by atomic mass is 10.0. The maximum Gasteiger partial charge on any atom is 0.259 e. The number of nitrogens with zero attached hydrogens (tertiary/aromatic N) is 1. The summed E-state index contributed by atoms with van der Waals surface area (Å²) in [5.41, 5.74) is 5.18. The van der Waals surface area contributed by atoms with Crippen molar-refractivity contribution in [2.24, 2.45) is 5.10 Å². The molecule has 0 saturated carbocycles. The van der Waals surface area contributed by atoms with E-state index in [-0.39, 0.29) is 12.5 Å². The molecule has 5 heteroatoms. The van der Waals surface area contributed by atoms with Gasteiger partial charge in [-0.15, -0.1) is 0 Å². The van der Waals surface area contributed by atoms with Gasteiger partial charge in [-0.1, -0.05) is 36.4 Å². The summed E-state index contributed by atoms with van der Waals surface area (Å²) in [4.78, 5) is 12.0. The van der Waals surface area contributed by atoms with E-state index in [1.807, 2.05) is 56.3 Å². The molecule has 0 fully saturated rings. The van der Waals surface area contributed by atoms with Crippen molar-refractivity contribution in [1.82, 2.24) is 5.43 Å². The molecule has 5 nitrogen and oxygen atoms in total. The largest absolute Gasteiger partial charge is 0.494 e. The van der Waals surface area contributed by atoms with Crippen molar-refractivity contribution in [3.8, 4) is 5.75 Å². The molecule has 0 aliphatic rings. The predicted octanol–water partition coefficient (Wildman–Crippen LogP) is 4.19. The van der Waals surface area contributed by atoms with Crippen LogP contribution in [0.3, 0.4) is 0 Å². The van der Waals surface area contributed by atoms with Crippen molar-refractivity contribution < 1.29 is 9.53 Å². The SMILES string of the molecule is CCOc1ccc(NCC(=O)NN=C(C)c2ccc3ccccc3c2)cc1. The van der Waals surface area contributed by atoms with Crippen LogP contribution < -0.4 is 15.5 Å². The highest BCUT2D eigenvalue weighted by Gasteiger charge is 2.03. The first-order chi connectivity index (χ1) is 13.2. The number of amides is 1. The lowest BCUT2D eigenvalue weighted by Crippen LogP contribution is -2.26. The normalized spacial score (nSPS) is 11.3. The molecule has 3 aromatic carbocycles. The van der Waals surface area contributed by atoms with Gasteiger partial charge in [0.05, 0.1) is 18.9 Å². The van der Waals surface area contributed by atoms with Crippen LogP contribution >= 0.6 is 0 Å². The van der Waals surface area contributed by atoms with Gasteiger partial charge >= 0.3 is 0 Å². The quantitative estimate of drug-likeness (QED) is 0.490. The molecule has 3 aromatic rings. The zero-order valence-electron chi connectivity index (χ0n) is 15.5. The van der Waals surface area contributed by atoms with Gasteiger partial charge in [-0.25, -0.2) is 5.43 Å². The molecular weight excluding hydrogens is 338 g/mol. The molecule has 0 radical (unpaired) electrons. The third kappa shape index (κ3) is 5.07. The zero-order chi connectivity index (χ0) is 19.1. The number of carbonyl (C=O) groups is 1. The van der Waals surface area contributed by atoms with Crippen LogP contribution in [0.25, 0.3) is 10.8 Å². The van der Waals surface area contributed by atoms with Crippen LogP contribution in [0.1, 0.15) is 19.4 Å². The minimum Gasteiger partial charge on any atom is -0.494 e. The number of nitrogens with one attached hydrogen (secondary N) is 2. The smallest absolute Gasteiger partial charge is 0.259 e. The molecule has 1 amide bonds. The zero-order valence-corrected chi connectivity index (χ0v) is 15.5. The van der Waals surface area contributed by atoms with Gasteiger partial charge < -0.3 is 10.1 Å². The first-order valence-corrected chi connectivity index (χ1v) is 8.95. The molecule has 0 atom stereocenters. The van der Waals surface area contributed by atoms with Crippen LogP contribution in [0.15, 0.2) is 71.8 Å². The minimum atomic E-state index is -0.205. The summed E-state index contributed by atoms with van der Waals surface area (Å²) in [5.74, 6) is 0.604. The van der Waals surface area contributed by atoms with Crippen molar-refractivity contribution in [2.75, 3.05) is 18.5 Å². The van der Waals surface area contributed by atoms with Gasteiger partial charge in [0.25, 0.3) is 5.91 Å². The van der Waals surface area contributed by atoms with Crippen LogP contribution in [-0.4, -0.2) is 24.8 Å². The second kappa shape index (κ2) is 8.85. The van der Waals surface area contributed by atoms with Gasteiger partial charge in [0.15, 0.2) is 0 Å². The number of fused-ring (bicyclic) bond motifs is 1. The van der Waals surface area contributed by atoms with Gasteiger partial charge in [-0.2, -0.15) is 5.10 Å². The van der Waals surface area contributed by atoms with E-state index < -0.39 is 0 Å². The first-order valence-electron chi connectivity index (χ1n) is 8.95. The molecule has 0 spiro atoms. The third-order valence-electron chi connectivity index (χ3n) is 4.13. The van der Waals surface area contributed by atoms with Crippen molar-refractivity contribution in [1.29, 1.82) is 0 Å². The summed E-state index contributed by atoms with van der Waals surface area (Å²) in [6, 6.07) is 21.8. The number of carbonyl (C=O) groups excluding carboxylic acids is 1. The molecule has 0 unspecified atom stereocenters. The molecule has 3 rings (SSSR count). The van der Waals surface area contributed by atoms with Crippen LogP contribution in [0.2, 0.25) is 0 Å². The summed E-state index contributed by atoms with van der Waals surface area (Å²) in [6.07, 6.45) is 0. The monoisotopic (exact) mass is 361 g/mol. The molecule has 2 N–H and O–H groups in total. The molecule has 0 aromatic heterocycles. The standard InChI is InChI=1S/C22H23N3O2/c1-3-27-21-12-10-20(11-13-21)23-15-22(26)25-24-16(2)18-9-8-17-6-4-5-7-19(17)14-18/h4-14,23H,3,15H2,1-2H3,(H,25,26). The Kier molecular flexibility index (Phi) is 6.05.